The van der Waals surface area contributed by atoms with Crippen LogP contribution in [-0.2, 0) is 29.0 Å². The molecule has 3 aliphatic heterocycles. The van der Waals surface area contributed by atoms with E-state index in [0.29, 0.717) is 36.7 Å². The number of likely N-dealkylation sites (tertiary alicyclic amines) is 1. The van der Waals surface area contributed by atoms with Crippen molar-refractivity contribution in [3.63, 3.8) is 0 Å². The smallest absolute Gasteiger partial charge is 0.250 e. The Kier molecular flexibility index (Phi) is 9.70. The molecule has 4 aromatic rings. The maximum atomic E-state index is 15.0. The number of hydrogen-bond donors (Lipinski definition) is 1. The first kappa shape index (κ1) is 38.3. The van der Waals surface area contributed by atoms with E-state index in [1.807, 2.05) is 24.5 Å². The van der Waals surface area contributed by atoms with Crippen LogP contribution in [0.4, 0.5) is 0 Å². The number of methoxy groups -OCH3 is 3. The molecule has 298 valence electrons. The number of carbonyl (C=O) groups excluding carboxylic acids is 4. The van der Waals surface area contributed by atoms with Gasteiger partial charge in [-0.2, -0.15) is 0 Å². The molecule has 2 aromatic carbocycles. The number of ether oxygens (including phenoxy) is 4. The molecule has 1 aliphatic carbocycles. The second-order valence-electron chi connectivity index (χ2n) is 15.7. The Morgan fingerprint density at radius 2 is 1.67 bits per heavy atom. The quantitative estimate of drug-likeness (QED) is 0.215. The van der Waals surface area contributed by atoms with Gasteiger partial charge in [-0.25, -0.2) is 0 Å². The van der Waals surface area contributed by atoms with Gasteiger partial charge in [0.1, 0.15) is 45.4 Å². The number of aromatic nitrogens is 1. The Morgan fingerprint density at radius 1 is 0.947 bits per heavy atom. The van der Waals surface area contributed by atoms with Gasteiger partial charge in [-0.1, -0.05) is 38.4 Å². The van der Waals surface area contributed by atoms with E-state index in [0.717, 1.165) is 12.1 Å². The van der Waals surface area contributed by atoms with Crippen LogP contribution in [0.25, 0.3) is 11.3 Å². The molecule has 5 heterocycles. The van der Waals surface area contributed by atoms with Gasteiger partial charge in [0, 0.05) is 66.8 Å². The van der Waals surface area contributed by atoms with E-state index in [9.17, 15) is 19.2 Å². The van der Waals surface area contributed by atoms with Crippen molar-refractivity contribution in [1.82, 2.24) is 14.8 Å². The molecule has 2 bridgehead atoms. The predicted molar refractivity (Wildman–Crippen MR) is 209 cm³/mol. The summed E-state index contributed by atoms with van der Waals surface area (Å²) in [6, 6.07) is 12.9. The van der Waals surface area contributed by atoms with Crippen molar-refractivity contribution < 1.29 is 42.5 Å². The van der Waals surface area contributed by atoms with Gasteiger partial charge in [0.2, 0.25) is 29.0 Å². The number of nitrogens with one attached hydrogen (secondary N) is 1. The summed E-state index contributed by atoms with van der Waals surface area (Å²) in [4.78, 5) is 72.5. The van der Waals surface area contributed by atoms with Crippen molar-refractivity contribution in [2.75, 3.05) is 34.4 Å². The Bertz CT molecular complexity index is 2380. The van der Waals surface area contributed by atoms with E-state index in [-0.39, 0.29) is 86.8 Å². The first-order valence-electron chi connectivity index (χ1n) is 19.1. The zero-order valence-corrected chi connectivity index (χ0v) is 33.4. The normalized spacial score (nSPS) is 22.4. The summed E-state index contributed by atoms with van der Waals surface area (Å²) in [5.74, 6) is -1.36. The third-order valence-electron chi connectivity index (χ3n) is 12.0. The summed E-state index contributed by atoms with van der Waals surface area (Å²) >= 11 is 6.67. The molecule has 14 heteroatoms. The van der Waals surface area contributed by atoms with Gasteiger partial charge in [-0.05, 0) is 48.6 Å². The maximum Gasteiger partial charge on any atom is 0.250 e. The number of piperidine rings is 1. The molecular formula is C43H44ClN3O10. The number of fused-ring (bicyclic) bond motifs is 6. The number of furan rings is 1. The first-order valence-corrected chi connectivity index (χ1v) is 19.5. The van der Waals surface area contributed by atoms with Crippen LogP contribution in [-0.4, -0.2) is 78.9 Å². The van der Waals surface area contributed by atoms with Gasteiger partial charge in [-0.15, -0.1) is 0 Å². The summed E-state index contributed by atoms with van der Waals surface area (Å²) in [5.41, 5.74) is -0.214. The fourth-order valence-electron chi connectivity index (χ4n) is 9.15. The van der Waals surface area contributed by atoms with Crippen molar-refractivity contribution in [1.29, 1.82) is 0 Å². The first-order chi connectivity index (χ1) is 27.3. The Hall–Kier alpha value is -5.56. The average Bonchev–Trinajstić information content (AvgIpc) is 3.72. The average molecular weight is 798 g/mol. The minimum absolute atomic E-state index is 0.00619. The lowest BCUT2D eigenvalue weighted by molar-refractivity contribution is -0.140. The third-order valence-corrected chi connectivity index (χ3v) is 12.3. The van der Waals surface area contributed by atoms with Gasteiger partial charge in [0.05, 0.1) is 33.3 Å². The SMILES string of the molecule is COc1ccc(-c2oc3c(c2CC(=O)N[C@H](C(=O)N2CC4CC(C2)c2cccc(=O)n2C4)C(C)C)C(=O)[C@@]2(Oc4c(Cl)c(OC)cc(OC)c4C2=O)[C@H](C)C3)cc1. The number of pyridine rings is 1. The monoisotopic (exact) mass is 797 g/mol. The van der Waals surface area contributed by atoms with Gasteiger partial charge in [0.15, 0.2) is 5.75 Å². The molecule has 0 saturated carbocycles. The fourth-order valence-corrected chi connectivity index (χ4v) is 9.41. The number of halogens is 1. The molecule has 1 spiro atoms. The van der Waals surface area contributed by atoms with Crippen LogP contribution < -0.4 is 29.8 Å². The number of hydrogen-bond acceptors (Lipinski definition) is 10. The highest BCUT2D eigenvalue weighted by Gasteiger charge is 2.63. The zero-order valence-electron chi connectivity index (χ0n) is 32.6. The number of carbonyl (C=O) groups is 4. The standard InChI is InChI=1S/C43H44ClN3O10/c1-21(2)37(42(52)46-18-23-15-25(20-46)28-8-7-9-33(49)47(28)19-23)45-32(48)16-27-34-30(56-38(27)24-10-12-26(53-4)13-11-24)14-22(3)43(40(34)50)41(51)35-29(54-5)17-31(55-6)36(44)39(35)57-43/h7-13,17,21-23,25,37H,14-16,18-20H2,1-6H3,(H,45,48)/t22-,23?,25?,37+,43+/m1/s1. The highest BCUT2D eigenvalue weighted by Crippen LogP contribution is 2.54. The summed E-state index contributed by atoms with van der Waals surface area (Å²) in [6.07, 6.45) is 0.666. The van der Waals surface area contributed by atoms with Gasteiger partial charge < -0.3 is 38.1 Å². The highest BCUT2D eigenvalue weighted by atomic mass is 35.5. The van der Waals surface area contributed by atoms with Crippen molar-refractivity contribution in [2.45, 2.75) is 64.1 Å². The lowest BCUT2D eigenvalue weighted by Crippen LogP contribution is -2.57. The van der Waals surface area contributed by atoms with Crippen LogP contribution in [0.15, 0.2) is 57.7 Å². The van der Waals surface area contributed by atoms with Crippen LogP contribution in [0.3, 0.4) is 0 Å². The van der Waals surface area contributed by atoms with Gasteiger partial charge in [0.25, 0.3) is 5.56 Å². The van der Waals surface area contributed by atoms with Crippen molar-refractivity contribution >= 4 is 35.0 Å². The van der Waals surface area contributed by atoms with Crippen LogP contribution in [0.2, 0.25) is 5.02 Å². The summed E-state index contributed by atoms with van der Waals surface area (Å²) in [6.45, 7) is 6.91. The topological polar surface area (TPSA) is 156 Å². The fraction of sp³-hybridized carbons (Fsp3) is 0.419. The van der Waals surface area contributed by atoms with E-state index in [2.05, 4.69) is 5.32 Å². The number of ketones is 2. The van der Waals surface area contributed by atoms with E-state index in [1.54, 1.807) is 55.3 Å². The molecule has 1 saturated heterocycles. The largest absolute Gasteiger partial charge is 0.497 e. The maximum absolute atomic E-state index is 15.0. The van der Waals surface area contributed by atoms with Crippen LogP contribution in [0.1, 0.15) is 70.8 Å². The molecule has 2 aromatic heterocycles. The second-order valence-corrected chi connectivity index (χ2v) is 16.1. The lowest BCUT2D eigenvalue weighted by atomic mass is 9.70. The Labute approximate surface area is 334 Å². The van der Waals surface area contributed by atoms with Crippen molar-refractivity contribution in [3.05, 3.63) is 92.1 Å². The molecule has 13 nitrogen and oxygen atoms in total. The zero-order chi connectivity index (χ0) is 40.5. The molecule has 0 radical (unpaired) electrons. The molecule has 57 heavy (non-hydrogen) atoms. The molecule has 4 aliphatic rings. The van der Waals surface area contributed by atoms with Gasteiger partial charge >= 0.3 is 0 Å². The van der Waals surface area contributed by atoms with Crippen LogP contribution in [0, 0.1) is 17.8 Å². The molecular weight excluding hydrogens is 754 g/mol. The summed E-state index contributed by atoms with van der Waals surface area (Å²) in [7, 11) is 4.36. The minimum Gasteiger partial charge on any atom is -0.497 e. The Morgan fingerprint density at radius 3 is 2.35 bits per heavy atom. The summed E-state index contributed by atoms with van der Waals surface area (Å²) in [5, 5.41) is 3.01. The van der Waals surface area contributed by atoms with Crippen LogP contribution in [0.5, 0.6) is 23.0 Å². The summed E-state index contributed by atoms with van der Waals surface area (Å²) < 4.78 is 31.0. The minimum atomic E-state index is -2.03. The van der Waals surface area contributed by atoms with Crippen molar-refractivity contribution in [3.8, 4) is 34.3 Å². The molecule has 1 N–H and O–H groups in total. The Balaban J connectivity index is 1.13. The van der Waals surface area contributed by atoms with Crippen LogP contribution >= 0.6 is 11.6 Å². The number of Topliss-reactive ketones (excluding diaryl/α,β-unsaturated/α-hetero) is 2. The number of nitrogens with zero attached hydrogens (tertiary/aromatic N) is 2. The molecule has 1 fully saturated rings. The molecule has 2 amide bonds. The second kappa shape index (κ2) is 14.4. The predicted octanol–water partition coefficient (Wildman–Crippen LogP) is 5.51. The molecule has 2 unspecified atom stereocenters. The molecule has 8 rings (SSSR count). The van der Waals surface area contributed by atoms with Gasteiger partial charge in [-0.3, -0.25) is 24.0 Å². The number of rotatable bonds is 9. The van der Waals surface area contributed by atoms with E-state index in [1.165, 1.54) is 20.3 Å². The lowest BCUT2D eigenvalue weighted by Gasteiger charge is -2.44. The number of benzene rings is 2. The third kappa shape index (κ3) is 6.09. The van der Waals surface area contributed by atoms with E-state index >= 15 is 4.79 Å². The highest BCUT2D eigenvalue weighted by molar-refractivity contribution is 6.36. The van der Waals surface area contributed by atoms with E-state index in [4.69, 9.17) is 35.0 Å². The van der Waals surface area contributed by atoms with Crippen molar-refractivity contribution in [2.24, 2.45) is 17.8 Å². The van der Waals surface area contributed by atoms with E-state index < -0.39 is 35.0 Å². The number of amides is 2. The molecule has 5 atom stereocenters.